The van der Waals surface area contributed by atoms with Crippen LogP contribution >= 0.6 is 0 Å². The predicted molar refractivity (Wildman–Crippen MR) is 100 cm³/mol. The first kappa shape index (κ1) is 13.3. The predicted octanol–water partition coefficient (Wildman–Crippen LogP) is 5.62. The van der Waals surface area contributed by atoms with Crippen LogP contribution in [-0.4, -0.2) is 9.61 Å². The number of fused-ring (bicyclic) bond motifs is 5. The third-order valence-corrected chi connectivity index (χ3v) is 4.75. The highest BCUT2D eigenvalue weighted by molar-refractivity contribution is 6.12. The highest BCUT2D eigenvalue weighted by Crippen LogP contribution is 2.32. The lowest BCUT2D eigenvalue weighted by atomic mass is 10.0. The molecule has 0 spiro atoms. The molecule has 5 rings (SSSR count). The van der Waals surface area contributed by atoms with Crippen LogP contribution in [0.2, 0.25) is 0 Å². The van der Waals surface area contributed by atoms with Crippen molar-refractivity contribution in [3.63, 3.8) is 0 Å². The Balaban J connectivity index is 1.88. The van der Waals surface area contributed by atoms with Crippen molar-refractivity contribution in [2.75, 3.05) is 0 Å². The van der Waals surface area contributed by atoms with Crippen LogP contribution in [0, 0.1) is 6.92 Å². The number of hydrogen-bond donors (Lipinski definition) is 0. The van der Waals surface area contributed by atoms with Crippen molar-refractivity contribution in [2.24, 2.45) is 0 Å². The molecule has 24 heavy (non-hydrogen) atoms. The number of aryl methyl sites for hydroxylation is 1. The van der Waals surface area contributed by atoms with Gasteiger partial charge in [-0.3, -0.25) is 0 Å². The molecule has 0 aliphatic carbocycles. The Bertz CT molecular complexity index is 1200. The molecule has 0 amide bonds. The molecule has 0 fully saturated rings. The largest absolute Gasteiger partial charge is 0.240 e. The Morgan fingerprint density at radius 1 is 0.708 bits per heavy atom. The van der Waals surface area contributed by atoms with Crippen LogP contribution in [0.4, 0.5) is 0 Å². The van der Waals surface area contributed by atoms with E-state index in [0.717, 1.165) is 11.0 Å². The number of aromatic nitrogens is 2. The van der Waals surface area contributed by atoms with Gasteiger partial charge in [0.05, 0.1) is 5.52 Å². The minimum Gasteiger partial charge on any atom is -0.240 e. The van der Waals surface area contributed by atoms with Crippen molar-refractivity contribution in [1.82, 2.24) is 9.61 Å². The summed E-state index contributed by atoms with van der Waals surface area (Å²) in [5.74, 6) is 0. The van der Waals surface area contributed by atoms with Crippen LogP contribution in [0.1, 0.15) is 5.56 Å². The Hall–Kier alpha value is -3.13. The second-order valence-electron chi connectivity index (χ2n) is 6.25. The van der Waals surface area contributed by atoms with Gasteiger partial charge in [0.1, 0.15) is 5.52 Å². The van der Waals surface area contributed by atoms with Gasteiger partial charge in [-0.2, -0.15) is 5.10 Å². The van der Waals surface area contributed by atoms with Gasteiger partial charge >= 0.3 is 0 Å². The molecule has 2 heterocycles. The maximum absolute atomic E-state index is 4.84. The minimum absolute atomic E-state index is 1.07. The molecule has 0 saturated carbocycles. The lowest BCUT2D eigenvalue weighted by Gasteiger charge is -2.03. The minimum atomic E-state index is 1.07. The normalized spacial score (nSPS) is 11.5. The lowest BCUT2D eigenvalue weighted by Crippen LogP contribution is -1.86. The van der Waals surface area contributed by atoms with Gasteiger partial charge in [0.2, 0.25) is 0 Å². The molecule has 5 aromatic rings. The fourth-order valence-corrected chi connectivity index (χ4v) is 3.54. The average molecular weight is 308 g/mol. The van der Waals surface area contributed by atoms with Crippen LogP contribution in [0.5, 0.6) is 0 Å². The van der Waals surface area contributed by atoms with Gasteiger partial charge in [-0.05, 0) is 47.2 Å². The van der Waals surface area contributed by atoms with Gasteiger partial charge < -0.3 is 0 Å². The molecule has 114 valence electrons. The van der Waals surface area contributed by atoms with Crippen molar-refractivity contribution >= 4 is 27.2 Å². The van der Waals surface area contributed by atoms with Crippen LogP contribution in [-0.2, 0) is 0 Å². The number of pyridine rings is 1. The number of rotatable bonds is 1. The topological polar surface area (TPSA) is 17.3 Å². The summed E-state index contributed by atoms with van der Waals surface area (Å²) in [6, 6.07) is 25.6. The smallest absolute Gasteiger partial charge is 0.101 e. The molecule has 3 aromatic carbocycles. The van der Waals surface area contributed by atoms with Gasteiger partial charge in [-0.1, -0.05) is 54.6 Å². The van der Waals surface area contributed by atoms with Gasteiger partial charge in [0.15, 0.2) is 0 Å². The second kappa shape index (κ2) is 4.93. The molecular weight excluding hydrogens is 292 g/mol. The molecule has 2 nitrogen and oxygen atoms in total. The maximum Gasteiger partial charge on any atom is 0.101 e. The Morgan fingerprint density at radius 3 is 2.29 bits per heavy atom. The first-order valence-electron chi connectivity index (χ1n) is 8.17. The highest BCUT2D eigenvalue weighted by atomic mass is 15.2. The molecule has 0 N–H and O–H groups in total. The average Bonchev–Trinajstić information content (AvgIpc) is 3.01. The zero-order chi connectivity index (χ0) is 16.1. The van der Waals surface area contributed by atoms with E-state index in [2.05, 4.69) is 79.9 Å². The van der Waals surface area contributed by atoms with Gasteiger partial charge in [-0.25, -0.2) is 4.52 Å². The fourth-order valence-electron chi connectivity index (χ4n) is 3.54. The molecule has 2 heteroatoms. The third-order valence-electron chi connectivity index (χ3n) is 4.75. The van der Waals surface area contributed by atoms with Crippen LogP contribution in [0.15, 0.2) is 79.0 Å². The molecule has 0 aliphatic rings. The number of hydrogen-bond acceptors (Lipinski definition) is 1. The molecule has 0 saturated heterocycles. The van der Waals surface area contributed by atoms with E-state index in [9.17, 15) is 0 Å². The summed E-state index contributed by atoms with van der Waals surface area (Å²) < 4.78 is 1.99. The van der Waals surface area contributed by atoms with E-state index in [1.165, 1.54) is 32.8 Å². The zero-order valence-electron chi connectivity index (χ0n) is 13.4. The van der Waals surface area contributed by atoms with Crippen molar-refractivity contribution in [2.45, 2.75) is 6.92 Å². The number of nitrogens with zero attached hydrogens (tertiary/aromatic N) is 2. The van der Waals surface area contributed by atoms with E-state index < -0.39 is 0 Å². The Labute approximate surface area is 140 Å². The van der Waals surface area contributed by atoms with Crippen LogP contribution in [0.3, 0.4) is 0 Å². The van der Waals surface area contributed by atoms with E-state index in [1.54, 1.807) is 0 Å². The monoisotopic (exact) mass is 308 g/mol. The molecule has 0 aliphatic heterocycles. The summed E-state index contributed by atoms with van der Waals surface area (Å²) in [7, 11) is 0. The molecule has 2 aromatic heterocycles. The SMILES string of the molecule is Cc1cc2c(nn3ccc(-c4ccccc4)cc23)c2ccccc12. The van der Waals surface area contributed by atoms with E-state index in [4.69, 9.17) is 5.10 Å². The maximum atomic E-state index is 4.84. The van der Waals surface area contributed by atoms with Gasteiger partial charge in [-0.15, -0.1) is 0 Å². The summed E-state index contributed by atoms with van der Waals surface area (Å²) in [6.07, 6.45) is 2.06. The molecule has 0 unspecified atom stereocenters. The number of benzene rings is 3. The van der Waals surface area contributed by atoms with Crippen molar-refractivity contribution in [3.05, 3.63) is 84.6 Å². The first-order valence-corrected chi connectivity index (χ1v) is 8.17. The molecule has 0 radical (unpaired) electrons. The van der Waals surface area contributed by atoms with Crippen molar-refractivity contribution in [3.8, 4) is 11.1 Å². The second-order valence-corrected chi connectivity index (χ2v) is 6.25. The van der Waals surface area contributed by atoms with Gasteiger partial charge in [0, 0.05) is 17.0 Å². The van der Waals surface area contributed by atoms with Crippen LogP contribution < -0.4 is 0 Å². The van der Waals surface area contributed by atoms with Gasteiger partial charge in [0.25, 0.3) is 0 Å². The summed E-state index contributed by atoms with van der Waals surface area (Å²) in [5.41, 5.74) is 5.96. The Morgan fingerprint density at radius 2 is 1.46 bits per heavy atom. The Kier molecular flexibility index (Phi) is 2.74. The van der Waals surface area contributed by atoms with E-state index in [-0.39, 0.29) is 0 Å². The van der Waals surface area contributed by atoms with Crippen LogP contribution in [0.25, 0.3) is 38.3 Å². The molecule has 0 bridgehead atoms. The van der Waals surface area contributed by atoms with E-state index >= 15 is 0 Å². The summed E-state index contributed by atoms with van der Waals surface area (Å²) in [4.78, 5) is 0. The molecular formula is C22H16N2. The standard InChI is InChI=1S/C22H16N2/c1-15-13-20-21-14-17(16-7-3-2-4-8-16)11-12-24(21)23-22(20)19-10-6-5-9-18(15)19/h2-14H,1H3. The quantitative estimate of drug-likeness (QED) is 0.393. The summed E-state index contributed by atoms with van der Waals surface area (Å²) >= 11 is 0. The van der Waals surface area contributed by atoms with Crippen molar-refractivity contribution < 1.29 is 0 Å². The highest BCUT2D eigenvalue weighted by Gasteiger charge is 2.11. The van der Waals surface area contributed by atoms with E-state index in [1.807, 2.05) is 10.6 Å². The van der Waals surface area contributed by atoms with E-state index in [0.29, 0.717) is 0 Å². The fraction of sp³-hybridized carbons (Fsp3) is 0.0455. The van der Waals surface area contributed by atoms with Crippen molar-refractivity contribution in [1.29, 1.82) is 0 Å². The zero-order valence-corrected chi connectivity index (χ0v) is 13.4. The summed E-state index contributed by atoms with van der Waals surface area (Å²) in [5, 5.41) is 8.54. The third kappa shape index (κ3) is 1.86. The first-order chi connectivity index (χ1) is 11.8. The molecule has 0 atom stereocenters. The lowest BCUT2D eigenvalue weighted by molar-refractivity contribution is 0.984. The summed E-state index contributed by atoms with van der Waals surface area (Å²) in [6.45, 7) is 2.17.